The van der Waals surface area contributed by atoms with Crippen LogP contribution in [-0.2, 0) is 16.6 Å². The Bertz CT molecular complexity index is 1580. The summed E-state index contributed by atoms with van der Waals surface area (Å²) < 4.78 is 38.2. The van der Waals surface area contributed by atoms with Crippen molar-refractivity contribution >= 4 is 66.3 Å². The molecule has 1 amide bonds. The number of hydrogen-bond donors (Lipinski definition) is 3. The summed E-state index contributed by atoms with van der Waals surface area (Å²) in [5.41, 5.74) is 2.18. The van der Waals surface area contributed by atoms with Crippen molar-refractivity contribution in [1.82, 2.24) is 9.97 Å². The highest BCUT2D eigenvalue weighted by atomic mass is 35.5. The van der Waals surface area contributed by atoms with E-state index in [1.54, 1.807) is 44.7 Å². The number of carbonyl (C=O) groups is 1. The molecule has 0 radical (unpaired) electrons. The van der Waals surface area contributed by atoms with E-state index in [-0.39, 0.29) is 22.2 Å². The number of nitrogens with zero attached hydrogens (tertiary/aromatic N) is 2. The number of benzene rings is 2. The van der Waals surface area contributed by atoms with Gasteiger partial charge in [-0.3, -0.25) is 9.52 Å². The minimum absolute atomic E-state index is 0.0396. The first kappa shape index (κ1) is 27.4. The fourth-order valence-corrected chi connectivity index (χ4v) is 6.09. The third-order valence-corrected chi connectivity index (χ3v) is 8.38. The second kappa shape index (κ2) is 11.8. The highest BCUT2D eigenvalue weighted by Crippen LogP contribution is 2.34. The molecule has 0 atom stereocenters. The average molecular weight is 576 g/mol. The number of halogens is 1. The van der Waals surface area contributed by atoms with Crippen LogP contribution in [0, 0.1) is 0 Å². The van der Waals surface area contributed by atoms with Crippen molar-refractivity contribution in [3.05, 3.63) is 64.3 Å². The zero-order valence-electron chi connectivity index (χ0n) is 20.9. The molecule has 2 heterocycles. The molecule has 200 valence electrons. The van der Waals surface area contributed by atoms with Crippen molar-refractivity contribution < 1.29 is 22.7 Å². The Labute approximate surface area is 229 Å². The van der Waals surface area contributed by atoms with E-state index in [9.17, 15) is 13.2 Å². The molecule has 0 aliphatic rings. The van der Waals surface area contributed by atoms with Crippen molar-refractivity contribution in [2.24, 2.45) is 0 Å². The number of nitrogens with one attached hydrogen (secondary N) is 3. The summed E-state index contributed by atoms with van der Waals surface area (Å²) in [7, 11) is -0.364. The Kier molecular flexibility index (Phi) is 8.55. The van der Waals surface area contributed by atoms with Gasteiger partial charge in [-0.1, -0.05) is 24.6 Å². The number of amides is 1. The van der Waals surface area contributed by atoms with Crippen molar-refractivity contribution in [2.45, 2.75) is 19.9 Å². The number of sulfonamides is 1. The Morgan fingerprint density at radius 3 is 2.63 bits per heavy atom. The van der Waals surface area contributed by atoms with Gasteiger partial charge in [-0.2, -0.15) is 0 Å². The number of ether oxygens (including phenoxy) is 2. The molecule has 3 N–H and O–H groups in total. The number of methoxy groups -OCH3 is 2. The predicted molar refractivity (Wildman–Crippen MR) is 151 cm³/mol. The molecule has 10 nitrogen and oxygen atoms in total. The first-order valence-electron chi connectivity index (χ1n) is 11.5. The number of anilines is 3. The molecule has 0 aliphatic carbocycles. The van der Waals surface area contributed by atoms with Crippen LogP contribution in [0.25, 0.3) is 10.2 Å². The molecule has 2 aromatic heterocycles. The Morgan fingerprint density at radius 1 is 1.11 bits per heavy atom. The van der Waals surface area contributed by atoms with Gasteiger partial charge >= 0.3 is 0 Å². The van der Waals surface area contributed by atoms with Gasteiger partial charge in [-0.25, -0.2) is 18.4 Å². The van der Waals surface area contributed by atoms with E-state index >= 15 is 0 Å². The number of thiophene rings is 1. The number of carbonyl (C=O) groups excluding carboxylic acids is 1. The van der Waals surface area contributed by atoms with Crippen LogP contribution in [0.5, 0.6) is 11.5 Å². The summed E-state index contributed by atoms with van der Waals surface area (Å²) in [4.78, 5) is 21.8. The van der Waals surface area contributed by atoms with E-state index in [4.69, 9.17) is 21.1 Å². The molecule has 0 unspecified atom stereocenters. The van der Waals surface area contributed by atoms with Gasteiger partial charge in [0.05, 0.1) is 52.1 Å². The summed E-state index contributed by atoms with van der Waals surface area (Å²) in [6, 6.07) is 10.3. The standard InChI is InChI=1S/C25H26ClN5O5S2/c1-4-10-38(33,34)31-19-7-5-6-18(21(19)26)30-25(32)17-13-37-23-22(17)28-14-29-24(23)27-12-15-8-9-16(35-2)11-20(15)36-3/h5-9,11,13-14,31H,4,10,12H2,1-3H3,(H,30,32)(H,27,28,29). The lowest BCUT2D eigenvalue weighted by molar-refractivity contribution is 0.102. The molecule has 0 bridgehead atoms. The van der Waals surface area contributed by atoms with Crippen molar-refractivity contribution in [2.75, 3.05) is 35.3 Å². The maximum atomic E-state index is 13.2. The topological polar surface area (TPSA) is 132 Å². The molecule has 0 spiro atoms. The van der Waals surface area contributed by atoms with Gasteiger partial charge in [0, 0.05) is 23.6 Å². The fraction of sp³-hybridized carbons (Fsp3) is 0.240. The van der Waals surface area contributed by atoms with Gasteiger partial charge in [0.25, 0.3) is 5.91 Å². The number of hydrogen-bond acceptors (Lipinski definition) is 9. The minimum Gasteiger partial charge on any atom is -0.497 e. The zero-order chi connectivity index (χ0) is 27.3. The summed E-state index contributed by atoms with van der Waals surface area (Å²) in [5, 5.41) is 7.82. The van der Waals surface area contributed by atoms with Crippen LogP contribution in [0.3, 0.4) is 0 Å². The molecule has 0 aliphatic heterocycles. The SMILES string of the molecule is CCCS(=O)(=O)Nc1cccc(NC(=O)c2csc3c(NCc4ccc(OC)cc4OC)ncnc23)c1Cl. The highest BCUT2D eigenvalue weighted by Gasteiger charge is 2.19. The molecule has 4 aromatic rings. The Morgan fingerprint density at radius 2 is 1.89 bits per heavy atom. The molecular formula is C25H26ClN5O5S2. The monoisotopic (exact) mass is 575 g/mol. The van der Waals surface area contributed by atoms with Crippen LogP contribution in [0.1, 0.15) is 29.3 Å². The second-order valence-corrected chi connectivity index (χ2v) is 11.2. The summed E-state index contributed by atoms with van der Waals surface area (Å²) in [5.74, 6) is 1.45. The van der Waals surface area contributed by atoms with E-state index in [0.29, 0.717) is 46.1 Å². The van der Waals surface area contributed by atoms with E-state index in [0.717, 1.165) is 5.56 Å². The summed E-state index contributed by atoms with van der Waals surface area (Å²) in [6.07, 6.45) is 1.84. The van der Waals surface area contributed by atoms with Gasteiger partial charge in [0.15, 0.2) is 0 Å². The van der Waals surface area contributed by atoms with Gasteiger partial charge in [-0.15, -0.1) is 11.3 Å². The first-order valence-corrected chi connectivity index (χ1v) is 14.4. The van der Waals surface area contributed by atoms with Crippen LogP contribution < -0.4 is 24.8 Å². The molecule has 4 rings (SSSR count). The molecular weight excluding hydrogens is 550 g/mol. The normalized spacial score (nSPS) is 11.3. The Hall–Kier alpha value is -3.61. The summed E-state index contributed by atoms with van der Waals surface area (Å²) >= 11 is 7.74. The average Bonchev–Trinajstić information content (AvgIpc) is 3.34. The lowest BCUT2D eigenvalue weighted by Gasteiger charge is -2.13. The van der Waals surface area contributed by atoms with E-state index in [1.807, 2.05) is 12.1 Å². The molecule has 0 fully saturated rings. The zero-order valence-corrected chi connectivity index (χ0v) is 23.3. The minimum atomic E-state index is -3.55. The van der Waals surface area contributed by atoms with Crippen LogP contribution in [0.4, 0.5) is 17.2 Å². The molecule has 0 saturated heterocycles. The number of rotatable bonds is 11. The van der Waals surface area contributed by atoms with Crippen molar-refractivity contribution in [1.29, 1.82) is 0 Å². The number of aromatic nitrogens is 2. The first-order chi connectivity index (χ1) is 18.3. The Balaban J connectivity index is 1.54. The van der Waals surface area contributed by atoms with E-state index < -0.39 is 15.9 Å². The fourth-order valence-electron chi connectivity index (χ4n) is 3.70. The van der Waals surface area contributed by atoms with Crippen LogP contribution in [-0.4, -0.2) is 44.3 Å². The highest BCUT2D eigenvalue weighted by molar-refractivity contribution is 7.92. The lowest BCUT2D eigenvalue weighted by Crippen LogP contribution is -2.17. The molecule has 38 heavy (non-hydrogen) atoms. The van der Waals surface area contributed by atoms with E-state index in [1.165, 1.54) is 23.7 Å². The smallest absolute Gasteiger partial charge is 0.258 e. The van der Waals surface area contributed by atoms with Crippen LogP contribution in [0.15, 0.2) is 48.1 Å². The summed E-state index contributed by atoms with van der Waals surface area (Å²) in [6.45, 7) is 2.19. The predicted octanol–water partition coefficient (Wildman–Crippen LogP) is 5.38. The maximum absolute atomic E-state index is 13.2. The second-order valence-electron chi connectivity index (χ2n) is 8.12. The van der Waals surface area contributed by atoms with Crippen LogP contribution in [0.2, 0.25) is 5.02 Å². The third-order valence-electron chi connectivity index (χ3n) is 5.52. The molecule has 0 saturated carbocycles. The third kappa shape index (κ3) is 6.09. The van der Waals surface area contributed by atoms with Crippen molar-refractivity contribution in [3.8, 4) is 11.5 Å². The molecule has 2 aromatic carbocycles. The number of fused-ring (bicyclic) bond motifs is 1. The maximum Gasteiger partial charge on any atom is 0.258 e. The molecule has 13 heteroatoms. The van der Waals surface area contributed by atoms with E-state index in [2.05, 4.69) is 25.3 Å². The quantitative estimate of drug-likeness (QED) is 0.217. The van der Waals surface area contributed by atoms with Gasteiger partial charge in [-0.05, 0) is 30.7 Å². The van der Waals surface area contributed by atoms with Crippen molar-refractivity contribution in [3.63, 3.8) is 0 Å². The lowest BCUT2D eigenvalue weighted by atomic mass is 10.2. The largest absolute Gasteiger partial charge is 0.497 e. The van der Waals surface area contributed by atoms with Crippen LogP contribution >= 0.6 is 22.9 Å². The van der Waals surface area contributed by atoms with Gasteiger partial charge in [0.1, 0.15) is 23.6 Å². The van der Waals surface area contributed by atoms with Gasteiger partial charge in [0.2, 0.25) is 10.0 Å². The van der Waals surface area contributed by atoms with Gasteiger partial charge < -0.3 is 20.1 Å².